The molecule has 0 spiro atoms. The summed E-state index contributed by atoms with van der Waals surface area (Å²) in [6.07, 6.45) is 2.95. The highest BCUT2D eigenvalue weighted by Crippen LogP contribution is 2.36. The van der Waals surface area contributed by atoms with Crippen molar-refractivity contribution in [1.82, 2.24) is 5.32 Å². The highest BCUT2D eigenvalue weighted by molar-refractivity contribution is 5.49. The highest BCUT2D eigenvalue weighted by atomic mass is 16.5. The minimum Gasteiger partial charge on any atom is -0.497 e. The Balaban J connectivity index is 2.13. The van der Waals surface area contributed by atoms with Crippen molar-refractivity contribution in [2.45, 2.75) is 51.8 Å². The van der Waals surface area contributed by atoms with Crippen LogP contribution in [0.25, 0.3) is 0 Å². The second-order valence-electron chi connectivity index (χ2n) is 5.41. The zero-order valence-electron chi connectivity index (χ0n) is 12.6. The summed E-state index contributed by atoms with van der Waals surface area (Å²) in [6.45, 7) is 5.17. The third kappa shape index (κ3) is 3.44. The van der Waals surface area contributed by atoms with Crippen molar-refractivity contribution >= 4 is 0 Å². The van der Waals surface area contributed by atoms with Crippen LogP contribution >= 0.6 is 0 Å². The molecular formula is C16H25NO3. The zero-order chi connectivity index (χ0) is 14.5. The monoisotopic (exact) mass is 279 g/mol. The molecule has 112 valence electrons. The maximum atomic E-state index is 9.05. The van der Waals surface area contributed by atoms with E-state index in [4.69, 9.17) is 14.6 Å². The first kappa shape index (κ1) is 15.1. The molecule has 2 unspecified atom stereocenters. The first-order valence-corrected chi connectivity index (χ1v) is 7.38. The van der Waals surface area contributed by atoms with Crippen LogP contribution in [0.3, 0.4) is 0 Å². The fraction of sp³-hybridized carbons (Fsp3) is 0.625. The van der Waals surface area contributed by atoms with Gasteiger partial charge in [0.25, 0.3) is 0 Å². The molecule has 0 bridgehead atoms. The zero-order valence-corrected chi connectivity index (χ0v) is 12.6. The Bertz CT molecular complexity index is 448. The van der Waals surface area contributed by atoms with Gasteiger partial charge in [-0.1, -0.05) is 6.92 Å². The van der Waals surface area contributed by atoms with Gasteiger partial charge in [-0.05, 0) is 31.9 Å². The molecule has 1 heterocycles. The molecule has 2 atom stereocenters. The van der Waals surface area contributed by atoms with Crippen LogP contribution in [0.15, 0.2) is 12.1 Å². The van der Waals surface area contributed by atoms with Crippen molar-refractivity contribution in [1.29, 1.82) is 0 Å². The lowest BCUT2D eigenvalue weighted by Crippen LogP contribution is -2.29. The SMILES string of the molecule is CCC(CCO)NCc1cc(OC)cc2c1OC(C)C2. The van der Waals surface area contributed by atoms with Gasteiger partial charge in [0.1, 0.15) is 17.6 Å². The van der Waals surface area contributed by atoms with E-state index in [2.05, 4.69) is 25.2 Å². The summed E-state index contributed by atoms with van der Waals surface area (Å²) in [7, 11) is 1.69. The quantitative estimate of drug-likeness (QED) is 0.804. The van der Waals surface area contributed by atoms with Crippen LogP contribution in [0, 0.1) is 0 Å². The Morgan fingerprint density at radius 3 is 2.95 bits per heavy atom. The van der Waals surface area contributed by atoms with E-state index in [1.807, 2.05) is 6.07 Å². The molecule has 0 amide bonds. The third-order valence-electron chi connectivity index (χ3n) is 3.83. The van der Waals surface area contributed by atoms with Crippen LogP contribution in [-0.2, 0) is 13.0 Å². The Morgan fingerprint density at radius 1 is 1.50 bits per heavy atom. The second kappa shape index (κ2) is 6.95. The van der Waals surface area contributed by atoms with Crippen LogP contribution in [0.2, 0.25) is 0 Å². The second-order valence-corrected chi connectivity index (χ2v) is 5.41. The van der Waals surface area contributed by atoms with Crippen molar-refractivity contribution in [3.05, 3.63) is 23.3 Å². The minimum absolute atomic E-state index is 0.218. The lowest BCUT2D eigenvalue weighted by molar-refractivity contribution is 0.249. The molecule has 0 saturated carbocycles. The lowest BCUT2D eigenvalue weighted by atomic mass is 10.0. The molecule has 0 radical (unpaired) electrons. The summed E-state index contributed by atoms with van der Waals surface area (Å²) >= 11 is 0. The molecule has 0 aliphatic carbocycles. The third-order valence-corrected chi connectivity index (χ3v) is 3.83. The van der Waals surface area contributed by atoms with E-state index in [1.54, 1.807) is 7.11 Å². The first-order valence-electron chi connectivity index (χ1n) is 7.38. The first-order chi connectivity index (χ1) is 9.67. The summed E-state index contributed by atoms with van der Waals surface area (Å²) < 4.78 is 11.3. The Morgan fingerprint density at radius 2 is 2.30 bits per heavy atom. The molecular weight excluding hydrogens is 254 g/mol. The van der Waals surface area contributed by atoms with Crippen molar-refractivity contribution in [3.63, 3.8) is 0 Å². The number of aliphatic hydroxyl groups excluding tert-OH is 1. The van der Waals surface area contributed by atoms with Crippen molar-refractivity contribution in [3.8, 4) is 11.5 Å². The summed E-state index contributed by atoms with van der Waals surface area (Å²) in [5.74, 6) is 1.89. The molecule has 1 aromatic carbocycles. The van der Waals surface area contributed by atoms with E-state index in [9.17, 15) is 0 Å². The van der Waals surface area contributed by atoms with Crippen LogP contribution in [0.5, 0.6) is 11.5 Å². The molecule has 2 N–H and O–H groups in total. The Kier molecular flexibility index (Phi) is 5.26. The molecule has 20 heavy (non-hydrogen) atoms. The lowest BCUT2D eigenvalue weighted by Gasteiger charge is -2.18. The van der Waals surface area contributed by atoms with Gasteiger partial charge in [0.2, 0.25) is 0 Å². The highest BCUT2D eigenvalue weighted by Gasteiger charge is 2.23. The smallest absolute Gasteiger partial charge is 0.127 e. The van der Waals surface area contributed by atoms with Crippen molar-refractivity contribution in [2.75, 3.05) is 13.7 Å². The van der Waals surface area contributed by atoms with E-state index in [0.717, 1.165) is 42.9 Å². The summed E-state index contributed by atoms with van der Waals surface area (Å²) in [5.41, 5.74) is 2.36. The Labute approximate surface area is 121 Å². The van der Waals surface area contributed by atoms with Gasteiger partial charge in [-0.15, -0.1) is 0 Å². The normalized spacial score (nSPS) is 18.5. The van der Waals surface area contributed by atoms with Gasteiger partial charge < -0.3 is 19.9 Å². The molecule has 4 nitrogen and oxygen atoms in total. The number of ether oxygens (including phenoxy) is 2. The number of hydrogen-bond acceptors (Lipinski definition) is 4. The predicted octanol–water partition coefficient (Wildman–Crippen LogP) is 2.27. The van der Waals surface area contributed by atoms with Crippen molar-refractivity contribution in [2.24, 2.45) is 0 Å². The summed E-state index contributed by atoms with van der Waals surface area (Å²) in [6, 6.07) is 4.43. The summed E-state index contributed by atoms with van der Waals surface area (Å²) in [5, 5.41) is 12.5. The Hall–Kier alpha value is -1.26. The van der Waals surface area contributed by atoms with Crippen LogP contribution < -0.4 is 14.8 Å². The average molecular weight is 279 g/mol. The van der Waals surface area contributed by atoms with Gasteiger partial charge in [-0.2, -0.15) is 0 Å². The molecule has 2 rings (SSSR count). The summed E-state index contributed by atoms with van der Waals surface area (Å²) in [4.78, 5) is 0. The molecule has 4 heteroatoms. The van der Waals surface area contributed by atoms with Crippen LogP contribution in [0.1, 0.15) is 37.8 Å². The number of nitrogens with one attached hydrogen (secondary N) is 1. The number of hydrogen-bond donors (Lipinski definition) is 2. The van der Waals surface area contributed by atoms with Gasteiger partial charge in [0.15, 0.2) is 0 Å². The fourth-order valence-corrected chi connectivity index (χ4v) is 2.69. The van der Waals surface area contributed by atoms with Crippen molar-refractivity contribution < 1.29 is 14.6 Å². The minimum atomic E-state index is 0.218. The van der Waals surface area contributed by atoms with E-state index < -0.39 is 0 Å². The van der Waals surface area contributed by atoms with Gasteiger partial charge in [-0.3, -0.25) is 0 Å². The van der Waals surface area contributed by atoms with E-state index in [0.29, 0.717) is 6.04 Å². The molecule has 0 fully saturated rings. The van der Waals surface area contributed by atoms with Crippen LogP contribution in [0.4, 0.5) is 0 Å². The maximum absolute atomic E-state index is 9.05. The standard InChI is InChI=1S/C16H25NO3/c1-4-14(5-6-18)17-10-13-9-15(19-3)8-12-7-11(2)20-16(12)13/h8-9,11,14,17-18H,4-7,10H2,1-3H3. The van der Waals surface area contributed by atoms with Crippen LogP contribution in [-0.4, -0.2) is 31.0 Å². The van der Waals surface area contributed by atoms with E-state index in [1.165, 1.54) is 5.56 Å². The van der Waals surface area contributed by atoms with Gasteiger partial charge in [-0.25, -0.2) is 0 Å². The van der Waals surface area contributed by atoms with E-state index in [-0.39, 0.29) is 12.7 Å². The number of fused-ring (bicyclic) bond motifs is 1. The molecule has 0 saturated heterocycles. The van der Waals surface area contributed by atoms with Gasteiger partial charge in [0, 0.05) is 36.7 Å². The van der Waals surface area contributed by atoms with Gasteiger partial charge in [0.05, 0.1) is 7.11 Å². The number of rotatable bonds is 7. The molecule has 0 aromatic heterocycles. The molecule has 1 aliphatic heterocycles. The molecule has 1 aromatic rings. The molecule has 1 aliphatic rings. The predicted molar refractivity (Wildman–Crippen MR) is 79.4 cm³/mol. The topological polar surface area (TPSA) is 50.7 Å². The van der Waals surface area contributed by atoms with Gasteiger partial charge >= 0.3 is 0 Å². The maximum Gasteiger partial charge on any atom is 0.127 e. The number of methoxy groups -OCH3 is 1. The fourth-order valence-electron chi connectivity index (χ4n) is 2.69. The largest absolute Gasteiger partial charge is 0.497 e. The average Bonchev–Trinajstić information content (AvgIpc) is 2.83. The number of benzene rings is 1. The van der Waals surface area contributed by atoms with E-state index >= 15 is 0 Å². The number of aliphatic hydroxyl groups is 1.